The molecule has 0 aliphatic carbocycles. The van der Waals surface area contributed by atoms with Gasteiger partial charge in [-0.3, -0.25) is 0 Å². The molecule has 3 aromatic rings. The van der Waals surface area contributed by atoms with E-state index in [1.54, 1.807) is 0 Å². The molecule has 1 saturated heterocycles. The summed E-state index contributed by atoms with van der Waals surface area (Å²) in [5.41, 5.74) is 10.9. The summed E-state index contributed by atoms with van der Waals surface area (Å²) in [7, 11) is 2.17. The molecule has 2 aromatic carbocycles. The van der Waals surface area contributed by atoms with Crippen LogP contribution in [0.25, 0.3) is 22.4 Å². The fourth-order valence-corrected chi connectivity index (χ4v) is 3.04. The first kappa shape index (κ1) is 22.4. The van der Waals surface area contributed by atoms with Gasteiger partial charge in [0.15, 0.2) is 0 Å². The standard InChI is InChI=1S/C18H21N5.3ClH/c1-22-8-10-23(11-9-22)15-6-7-16-17(12-15)21-18(20-16)13-2-4-14(19)5-3-13;;;/h2-7,12H,8-11,19H2,1H3,(H,20,21);3*1H. The second kappa shape index (κ2) is 9.33. The highest BCUT2D eigenvalue weighted by molar-refractivity contribution is 5.86. The molecule has 1 aromatic heterocycles. The zero-order chi connectivity index (χ0) is 15.8. The van der Waals surface area contributed by atoms with Crippen LogP contribution in [-0.2, 0) is 0 Å². The molecule has 4 rings (SSSR count). The zero-order valence-electron chi connectivity index (χ0n) is 14.5. The van der Waals surface area contributed by atoms with Crippen molar-refractivity contribution in [2.75, 3.05) is 43.9 Å². The van der Waals surface area contributed by atoms with Crippen LogP contribution >= 0.6 is 37.2 Å². The number of aromatic nitrogens is 2. The van der Waals surface area contributed by atoms with Crippen LogP contribution in [0.1, 0.15) is 0 Å². The number of aromatic amines is 1. The number of nitrogens with one attached hydrogen (secondary N) is 1. The maximum absolute atomic E-state index is 5.75. The van der Waals surface area contributed by atoms with Gasteiger partial charge in [-0.15, -0.1) is 37.2 Å². The minimum Gasteiger partial charge on any atom is -0.399 e. The van der Waals surface area contributed by atoms with Crippen LogP contribution in [0.15, 0.2) is 42.5 Å². The Kier molecular flexibility index (Phi) is 8.03. The number of anilines is 2. The van der Waals surface area contributed by atoms with Crippen LogP contribution < -0.4 is 10.6 Å². The number of hydrogen-bond acceptors (Lipinski definition) is 4. The molecule has 0 atom stereocenters. The third-order valence-corrected chi connectivity index (χ3v) is 4.52. The number of nitrogens with two attached hydrogens (primary N) is 1. The van der Waals surface area contributed by atoms with Gasteiger partial charge in [0.05, 0.1) is 11.0 Å². The van der Waals surface area contributed by atoms with Crippen molar-refractivity contribution in [1.82, 2.24) is 14.9 Å². The Bertz CT molecular complexity index is 826. The maximum Gasteiger partial charge on any atom is 0.138 e. The van der Waals surface area contributed by atoms with Gasteiger partial charge in [-0.05, 0) is 49.5 Å². The normalized spacial score (nSPS) is 14.3. The number of nitrogen functional groups attached to an aromatic ring is 1. The molecule has 142 valence electrons. The van der Waals surface area contributed by atoms with Crippen LogP contribution in [0, 0.1) is 0 Å². The summed E-state index contributed by atoms with van der Waals surface area (Å²) in [6.07, 6.45) is 0. The molecule has 26 heavy (non-hydrogen) atoms. The number of imidazole rings is 1. The van der Waals surface area contributed by atoms with Gasteiger partial charge >= 0.3 is 0 Å². The number of hydrogen-bond donors (Lipinski definition) is 2. The van der Waals surface area contributed by atoms with Gasteiger partial charge in [0.2, 0.25) is 0 Å². The number of rotatable bonds is 2. The lowest BCUT2D eigenvalue weighted by atomic mass is 10.2. The van der Waals surface area contributed by atoms with Gasteiger partial charge in [-0.2, -0.15) is 0 Å². The fourth-order valence-electron chi connectivity index (χ4n) is 3.04. The quantitative estimate of drug-likeness (QED) is 0.623. The Morgan fingerprint density at radius 3 is 2.23 bits per heavy atom. The lowest BCUT2D eigenvalue weighted by molar-refractivity contribution is 0.313. The van der Waals surface area contributed by atoms with E-state index in [2.05, 4.69) is 45.0 Å². The number of benzene rings is 2. The first-order chi connectivity index (χ1) is 11.2. The van der Waals surface area contributed by atoms with Crippen molar-refractivity contribution in [3.63, 3.8) is 0 Å². The minimum absolute atomic E-state index is 0. The SMILES string of the molecule is CN1CCN(c2ccc3nc(-c4ccc(N)cc4)[nH]c3c2)CC1.Cl.Cl.Cl. The molecule has 1 aliphatic rings. The molecule has 0 bridgehead atoms. The first-order valence-electron chi connectivity index (χ1n) is 7.98. The monoisotopic (exact) mass is 415 g/mol. The van der Waals surface area contributed by atoms with Crippen LogP contribution in [-0.4, -0.2) is 48.1 Å². The van der Waals surface area contributed by atoms with E-state index >= 15 is 0 Å². The van der Waals surface area contributed by atoms with Gasteiger partial charge in [0.25, 0.3) is 0 Å². The predicted molar refractivity (Wildman–Crippen MR) is 117 cm³/mol. The maximum atomic E-state index is 5.75. The average molecular weight is 417 g/mol. The third-order valence-electron chi connectivity index (χ3n) is 4.52. The molecule has 8 heteroatoms. The smallest absolute Gasteiger partial charge is 0.138 e. The molecule has 0 amide bonds. The van der Waals surface area contributed by atoms with Crippen LogP contribution in [0.3, 0.4) is 0 Å². The van der Waals surface area contributed by atoms with E-state index in [0.29, 0.717) is 0 Å². The van der Waals surface area contributed by atoms with Crippen LogP contribution in [0.2, 0.25) is 0 Å². The second-order valence-corrected chi connectivity index (χ2v) is 6.20. The highest BCUT2D eigenvalue weighted by atomic mass is 35.5. The lowest BCUT2D eigenvalue weighted by Gasteiger charge is -2.34. The number of halogens is 3. The van der Waals surface area contributed by atoms with Crippen molar-refractivity contribution in [1.29, 1.82) is 0 Å². The fraction of sp³-hybridized carbons (Fsp3) is 0.278. The largest absolute Gasteiger partial charge is 0.399 e. The topological polar surface area (TPSA) is 61.2 Å². The Morgan fingerprint density at radius 1 is 0.923 bits per heavy atom. The van der Waals surface area contributed by atoms with Crippen LogP contribution in [0.4, 0.5) is 11.4 Å². The average Bonchev–Trinajstić information content (AvgIpc) is 2.99. The van der Waals surface area contributed by atoms with Gasteiger partial charge in [-0.25, -0.2) is 4.98 Å². The van der Waals surface area contributed by atoms with E-state index in [-0.39, 0.29) is 37.2 Å². The molecular weight excluding hydrogens is 393 g/mol. The zero-order valence-corrected chi connectivity index (χ0v) is 17.0. The molecule has 3 N–H and O–H groups in total. The Labute approximate surface area is 172 Å². The molecular formula is C18H24Cl3N5. The molecule has 0 spiro atoms. The van der Waals surface area contributed by atoms with Crippen molar-refractivity contribution < 1.29 is 0 Å². The number of piperazine rings is 1. The second-order valence-electron chi connectivity index (χ2n) is 6.20. The number of H-pyrrole nitrogens is 1. The van der Waals surface area contributed by atoms with Crippen molar-refractivity contribution >= 4 is 59.6 Å². The molecule has 1 fully saturated rings. The Hall–Kier alpha value is -1.66. The Balaban J connectivity index is 0.00000113. The predicted octanol–water partition coefficient (Wildman–Crippen LogP) is 3.83. The summed E-state index contributed by atoms with van der Waals surface area (Å²) in [6, 6.07) is 14.3. The van der Waals surface area contributed by atoms with Crippen molar-refractivity contribution in [2.24, 2.45) is 0 Å². The third kappa shape index (κ3) is 4.54. The molecule has 0 unspecified atom stereocenters. The molecule has 5 nitrogen and oxygen atoms in total. The first-order valence-corrected chi connectivity index (χ1v) is 7.98. The molecule has 1 aliphatic heterocycles. The summed E-state index contributed by atoms with van der Waals surface area (Å²) >= 11 is 0. The summed E-state index contributed by atoms with van der Waals surface area (Å²) in [5.74, 6) is 0.885. The van der Waals surface area contributed by atoms with Crippen molar-refractivity contribution in [3.05, 3.63) is 42.5 Å². The number of likely N-dealkylation sites (N-methyl/N-ethyl adjacent to an activating group) is 1. The lowest BCUT2D eigenvalue weighted by Crippen LogP contribution is -2.44. The molecule has 0 saturated carbocycles. The number of fused-ring (bicyclic) bond motifs is 1. The highest BCUT2D eigenvalue weighted by Gasteiger charge is 2.15. The van der Waals surface area contributed by atoms with Gasteiger partial charge < -0.3 is 20.5 Å². The highest BCUT2D eigenvalue weighted by Crippen LogP contribution is 2.25. The Morgan fingerprint density at radius 2 is 1.58 bits per heavy atom. The van der Waals surface area contributed by atoms with E-state index < -0.39 is 0 Å². The summed E-state index contributed by atoms with van der Waals surface area (Å²) in [4.78, 5) is 12.9. The summed E-state index contributed by atoms with van der Waals surface area (Å²) in [5, 5.41) is 0. The van der Waals surface area contributed by atoms with E-state index in [1.807, 2.05) is 24.3 Å². The molecule has 0 radical (unpaired) electrons. The van der Waals surface area contributed by atoms with E-state index in [9.17, 15) is 0 Å². The molecule has 2 heterocycles. The number of nitrogens with zero attached hydrogens (tertiary/aromatic N) is 3. The van der Waals surface area contributed by atoms with Crippen molar-refractivity contribution in [2.45, 2.75) is 0 Å². The van der Waals surface area contributed by atoms with Crippen LogP contribution in [0.5, 0.6) is 0 Å². The summed E-state index contributed by atoms with van der Waals surface area (Å²) in [6.45, 7) is 4.36. The minimum atomic E-state index is 0. The van der Waals surface area contributed by atoms with Gasteiger partial charge in [-0.1, -0.05) is 0 Å². The summed E-state index contributed by atoms with van der Waals surface area (Å²) < 4.78 is 0. The van der Waals surface area contributed by atoms with E-state index in [0.717, 1.165) is 54.3 Å². The van der Waals surface area contributed by atoms with E-state index in [1.165, 1.54) is 5.69 Å². The van der Waals surface area contributed by atoms with E-state index in [4.69, 9.17) is 5.73 Å². The van der Waals surface area contributed by atoms with Crippen molar-refractivity contribution in [3.8, 4) is 11.4 Å². The van der Waals surface area contributed by atoms with Gasteiger partial charge in [0.1, 0.15) is 5.82 Å². The van der Waals surface area contributed by atoms with Gasteiger partial charge in [0, 0.05) is 43.1 Å².